The van der Waals surface area contributed by atoms with Crippen LogP contribution in [0.25, 0.3) is 0 Å². The molecule has 0 amide bonds. The van der Waals surface area contributed by atoms with E-state index in [0.717, 1.165) is 19.3 Å². The van der Waals surface area contributed by atoms with Crippen LogP contribution in [0.1, 0.15) is 71.6 Å². The third-order valence-corrected chi connectivity index (χ3v) is 3.16. The van der Waals surface area contributed by atoms with Crippen molar-refractivity contribution in [1.29, 1.82) is 0 Å². The van der Waals surface area contributed by atoms with Gasteiger partial charge in [0, 0.05) is 6.42 Å². The van der Waals surface area contributed by atoms with E-state index in [1.165, 1.54) is 12.8 Å². The Labute approximate surface area is 117 Å². The summed E-state index contributed by atoms with van der Waals surface area (Å²) in [6.45, 7) is 4.34. The van der Waals surface area contributed by atoms with Gasteiger partial charge in [0.05, 0.1) is 18.8 Å². The molecule has 0 heterocycles. The summed E-state index contributed by atoms with van der Waals surface area (Å²) in [6, 6.07) is 0. The summed E-state index contributed by atoms with van der Waals surface area (Å²) in [5.41, 5.74) is 0. The topological polar surface area (TPSA) is 66.8 Å². The number of carbonyl (C=O) groups excluding carboxylic acids is 1. The van der Waals surface area contributed by atoms with E-state index in [0.29, 0.717) is 32.3 Å². The normalized spacial score (nSPS) is 14.1. The molecule has 0 bridgehead atoms. The third-order valence-electron chi connectivity index (χ3n) is 3.16. The molecule has 0 fully saturated rings. The van der Waals surface area contributed by atoms with Crippen molar-refractivity contribution < 1.29 is 19.7 Å². The summed E-state index contributed by atoms with van der Waals surface area (Å²) in [6.07, 6.45) is 6.29. The molecule has 0 saturated heterocycles. The van der Waals surface area contributed by atoms with Crippen LogP contribution >= 0.6 is 0 Å². The molecular formula is C15H30O4. The molecule has 0 aliphatic heterocycles. The van der Waals surface area contributed by atoms with Crippen LogP contribution in [0.15, 0.2) is 0 Å². The summed E-state index contributed by atoms with van der Waals surface area (Å²) < 4.78 is 4.81. The van der Waals surface area contributed by atoms with Gasteiger partial charge in [-0.25, -0.2) is 0 Å². The summed E-state index contributed by atoms with van der Waals surface area (Å²) in [5.74, 6) is -0.213. The molecule has 4 nitrogen and oxygen atoms in total. The van der Waals surface area contributed by atoms with Gasteiger partial charge in [-0.05, 0) is 32.6 Å². The van der Waals surface area contributed by atoms with E-state index in [2.05, 4.69) is 6.92 Å². The molecule has 4 heteroatoms. The number of hydrogen-bond donors (Lipinski definition) is 2. The van der Waals surface area contributed by atoms with Crippen LogP contribution in [-0.2, 0) is 9.53 Å². The zero-order valence-electron chi connectivity index (χ0n) is 12.4. The Morgan fingerprint density at radius 1 is 1.00 bits per heavy atom. The zero-order valence-corrected chi connectivity index (χ0v) is 12.4. The first kappa shape index (κ1) is 18.4. The predicted molar refractivity (Wildman–Crippen MR) is 75.9 cm³/mol. The minimum absolute atomic E-state index is 0.213. The Hall–Kier alpha value is -0.610. The maximum atomic E-state index is 11.1. The largest absolute Gasteiger partial charge is 0.466 e. The van der Waals surface area contributed by atoms with Crippen molar-refractivity contribution in [2.45, 2.75) is 83.8 Å². The van der Waals surface area contributed by atoms with Crippen LogP contribution < -0.4 is 0 Å². The minimum atomic E-state index is -0.518. The first-order valence-corrected chi connectivity index (χ1v) is 7.61. The van der Waals surface area contributed by atoms with Gasteiger partial charge in [0.15, 0.2) is 0 Å². The average molecular weight is 274 g/mol. The number of rotatable bonds is 12. The van der Waals surface area contributed by atoms with Crippen molar-refractivity contribution >= 4 is 5.97 Å². The SMILES string of the molecule is CCCCCC[C@H](O)C[C@@H](O)CCCC(=O)OCC. The molecular weight excluding hydrogens is 244 g/mol. The second-order valence-electron chi connectivity index (χ2n) is 5.09. The summed E-state index contributed by atoms with van der Waals surface area (Å²) >= 11 is 0. The maximum absolute atomic E-state index is 11.1. The highest BCUT2D eigenvalue weighted by Crippen LogP contribution is 2.13. The Bertz CT molecular complexity index is 218. The number of hydrogen-bond acceptors (Lipinski definition) is 4. The molecule has 0 radical (unpaired) electrons. The predicted octanol–water partition coefficient (Wildman–Crippen LogP) is 2.80. The van der Waals surface area contributed by atoms with Crippen molar-refractivity contribution in [2.24, 2.45) is 0 Å². The smallest absolute Gasteiger partial charge is 0.305 e. The fourth-order valence-electron chi connectivity index (χ4n) is 2.07. The van der Waals surface area contributed by atoms with E-state index in [1.54, 1.807) is 6.92 Å². The lowest BCUT2D eigenvalue weighted by Crippen LogP contribution is -2.18. The lowest BCUT2D eigenvalue weighted by Gasteiger charge is -2.15. The zero-order chi connectivity index (χ0) is 14.5. The highest BCUT2D eigenvalue weighted by atomic mass is 16.5. The number of aliphatic hydroxyl groups is 2. The highest BCUT2D eigenvalue weighted by Gasteiger charge is 2.12. The Balaban J connectivity index is 3.50. The lowest BCUT2D eigenvalue weighted by atomic mass is 10.0. The van der Waals surface area contributed by atoms with Gasteiger partial charge in [0.1, 0.15) is 0 Å². The molecule has 0 aliphatic rings. The first-order chi connectivity index (χ1) is 9.10. The van der Waals surface area contributed by atoms with E-state index >= 15 is 0 Å². The van der Waals surface area contributed by atoms with E-state index in [4.69, 9.17) is 4.74 Å². The quantitative estimate of drug-likeness (QED) is 0.424. The Morgan fingerprint density at radius 3 is 2.21 bits per heavy atom. The van der Waals surface area contributed by atoms with E-state index in [9.17, 15) is 15.0 Å². The first-order valence-electron chi connectivity index (χ1n) is 7.61. The van der Waals surface area contributed by atoms with Crippen molar-refractivity contribution in [3.63, 3.8) is 0 Å². The molecule has 2 N–H and O–H groups in total. The van der Waals surface area contributed by atoms with Gasteiger partial charge in [-0.15, -0.1) is 0 Å². The molecule has 0 spiro atoms. The van der Waals surface area contributed by atoms with Gasteiger partial charge in [0.2, 0.25) is 0 Å². The van der Waals surface area contributed by atoms with Crippen molar-refractivity contribution in [2.75, 3.05) is 6.61 Å². The molecule has 2 atom stereocenters. The van der Waals surface area contributed by atoms with Gasteiger partial charge < -0.3 is 14.9 Å². The molecule has 0 saturated carbocycles. The van der Waals surface area contributed by atoms with Gasteiger partial charge in [0.25, 0.3) is 0 Å². The Morgan fingerprint density at radius 2 is 1.63 bits per heavy atom. The molecule has 0 aliphatic carbocycles. The molecule has 0 rings (SSSR count). The number of esters is 1. The lowest BCUT2D eigenvalue weighted by molar-refractivity contribution is -0.143. The second-order valence-corrected chi connectivity index (χ2v) is 5.09. The Kier molecular flexibility index (Phi) is 12.0. The second kappa shape index (κ2) is 12.4. The fraction of sp³-hybridized carbons (Fsp3) is 0.933. The van der Waals surface area contributed by atoms with Gasteiger partial charge >= 0.3 is 5.97 Å². The van der Waals surface area contributed by atoms with Crippen LogP contribution in [0, 0.1) is 0 Å². The number of carbonyl (C=O) groups is 1. The number of ether oxygens (including phenoxy) is 1. The van der Waals surface area contributed by atoms with Gasteiger partial charge in [-0.3, -0.25) is 4.79 Å². The molecule has 0 aromatic heterocycles. The van der Waals surface area contributed by atoms with E-state index in [1.807, 2.05) is 0 Å². The van der Waals surface area contributed by atoms with Gasteiger partial charge in [-0.2, -0.15) is 0 Å². The molecule has 0 aromatic rings. The van der Waals surface area contributed by atoms with E-state index in [-0.39, 0.29) is 5.97 Å². The van der Waals surface area contributed by atoms with Crippen LogP contribution in [0.2, 0.25) is 0 Å². The van der Waals surface area contributed by atoms with Crippen molar-refractivity contribution in [3.05, 3.63) is 0 Å². The standard InChI is InChI=1S/C15H30O4/c1-3-5-6-7-9-13(16)12-14(17)10-8-11-15(18)19-4-2/h13-14,16-17H,3-12H2,1-2H3/t13-,14-/m0/s1. The van der Waals surface area contributed by atoms with Crippen molar-refractivity contribution in [1.82, 2.24) is 0 Å². The van der Waals surface area contributed by atoms with Gasteiger partial charge in [-0.1, -0.05) is 32.6 Å². The van der Waals surface area contributed by atoms with Crippen LogP contribution in [0.4, 0.5) is 0 Å². The van der Waals surface area contributed by atoms with Crippen molar-refractivity contribution in [3.8, 4) is 0 Å². The highest BCUT2D eigenvalue weighted by molar-refractivity contribution is 5.69. The number of aliphatic hydroxyl groups excluding tert-OH is 2. The fourth-order valence-corrected chi connectivity index (χ4v) is 2.07. The summed E-state index contributed by atoms with van der Waals surface area (Å²) in [5, 5.41) is 19.5. The van der Waals surface area contributed by atoms with E-state index < -0.39 is 12.2 Å². The summed E-state index contributed by atoms with van der Waals surface area (Å²) in [7, 11) is 0. The van der Waals surface area contributed by atoms with Crippen LogP contribution in [0.3, 0.4) is 0 Å². The monoisotopic (exact) mass is 274 g/mol. The molecule has 19 heavy (non-hydrogen) atoms. The number of unbranched alkanes of at least 4 members (excludes halogenated alkanes) is 3. The minimum Gasteiger partial charge on any atom is -0.466 e. The molecule has 0 unspecified atom stereocenters. The molecule has 0 aromatic carbocycles. The average Bonchev–Trinajstić information content (AvgIpc) is 2.35. The third kappa shape index (κ3) is 12.2. The van der Waals surface area contributed by atoms with Crippen LogP contribution in [-0.4, -0.2) is 35.0 Å². The molecule has 114 valence electrons. The maximum Gasteiger partial charge on any atom is 0.305 e. The summed E-state index contributed by atoms with van der Waals surface area (Å²) in [4.78, 5) is 11.1. The van der Waals surface area contributed by atoms with Crippen LogP contribution in [0.5, 0.6) is 0 Å².